The van der Waals surface area contributed by atoms with Crippen LogP contribution < -0.4 is 10.1 Å². The van der Waals surface area contributed by atoms with E-state index in [1.54, 1.807) is 6.20 Å². The molecule has 1 fully saturated rings. The Balaban J connectivity index is 1.91. The zero-order chi connectivity index (χ0) is 13.0. The summed E-state index contributed by atoms with van der Waals surface area (Å²) in [6, 6.07) is 4.05. The fourth-order valence-electron chi connectivity index (χ4n) is 1.91. The van der Waals surface area contributed by atoms with Gasteiger partial charge in [-0.2, -0.15) is 0 Å². The van der Waals surface area contributed by atoms with E-state index in [0.29, 0.717) is 0 Å². The molecule has 18 heavy (non-hydrogen) atoms. The highest BCUT2D eigenvalue weighted by atomic mass is 16.5. The van der Waals surface area contributed by atoms with E-state index in [9.17, 15) is 0 Å². The molecule has 1 saturated carbocycles. The van der Waals surface area contributed by atoms with Crippen LogP contribution in [0.3, 0.4) is 0 Å². The molecule has 1 heterocycles. The maximum atomic E-state index is 5.86. The van der Waals surface area contributed by atoms with Crippen LogP contribution in [0.25, 0.3) is 0 Å². The van der Waals surface area contributed by atoms with Gasteiger partial charge in [0, 0.05) is 23.8 Å². The molecule has 2 rings (SSSR count). The summed E-state index contributed by atoms with van der Waals surface area (Å²) in [5.41, 5.74) is 1.26. The molecule has 0 aromatic carbocycles. The SMILES string of the molecule is CC(C)(C)NCc1cccnc1OCC1CCC1. The molecule has 1 aliphatic carbocycles. The lowest BCUT2D eigenvalue weighted by atomic mass is 9.86. The lowest BCUT2D eigenvalue weighted by Gasteiger charge is -2.26. The van der Waals surface area contributed by atoms with Crippen LogP contribution in [0.4, 0.5) is 0 Å². The van der Waals surface area contributed by atoms with Crippen LogP contribution >= 0.6 is 0 Å². The first-order chi connectivity index (χ1) is 8.54. The monoisotopic (exact) mass is 248 g/mol. The van der Waals surface area contributed by atoms with E-state index >= 15 is 0 Å². The van der Waals surface area contributed by atoms with Crippen molar-refractivity contribution in [1.82, 2.24) is 10.3 Å². The van der Waals surface area contributed by atoms with Crippen LogP contribution in [0.2, 0.25) is 0 Å². The van der Waals surface area contributed by atoms with Crippen molar-refractivity contribution < 1.29 is 4.74 Å². The van der Waals surface area contributed by atoms with Gasteiger partial charge in [-0.25, -0.2) is 4.98 Å². The van der Waals surface area contributed by atoms with Crippen molar-refractivity contribution in [2.24, 2.45) is 5.92 Å². The smallest absolute Gasteiger partial charge is 0.217 e. The van der Waals surface area contributed by atoms with E-state index in [4.69, 9.17) is 4.74 Å². The fourth-order valence-corrected chi connectivity index (χ4v) is 1.91. The molecule has 1 aliphatic rings. The summed E-state index contributed by atoms with van der Waals surface area (Å²) >= 11 is 0. The highest BCUT2D eigenvalue weighted by Gasteiger charge is 2.19. The van der Waals surface area contributed by atoms with E-state index in [-0.39, 0.29) is 5.54 Å². The van der Waals surface area contributed by atoms with Crippen LogP contribution in [0.15, 0.2) is 18.3 Å². The molecule has 3 heteroatoms. The highest BCUT2D eigenvalue weighted by molar-refractivity contribution is 5.25. The summed E-state index contributed by atoms with van der Waals surface area (Å²) < 4.78 is 5.86. The number of ether oxygens (including phenoxy) is 1. The summed E-state index contributed by atoms with van der Waals surface area (Å²) in [5, 5.41) is 3.47. The predicted molar refractivity (Wildman–Crippen MR) is 73.7 cm³/mol. The first-order valence-electron chi connectivity index (χ1n) is 6.86. The van der Waals surface area contributed by atoms with E-state index in [1.165, 1.54) is 19.3 Å². The Morgan fingerprint density at radius 1 is 1.39 bits per heavy atom. The molecule has 0 unspecified atom stereocenters. The Morgan fingerprint density at radius 3 is 2.78 bits per heavy atom. The van der Waals surface area contributed by atoms with Gasteiger partial charge in [-0.1, -0.05) is 12.5 Å². The first kappa shape index (κ1) is 13.3. The highest BCUT2D eigenvalue weighted by Crippen LogP contribution is 2.27. The van der Waals surface area contributed by atoms with E-state index in [0.717, 1.165) is 30.5 Å². The second kappa shape index (κ2) is 5.70. The standard InChI is InChI=1S/C15H24N2O/c1-15(2,3)17-10-13-8-5-9-16-14(13)18-11-12-6-4-7-12/h5,8-9,12,17H,4,6-7,10-11H2,1-3H3. The second-order valence-corrected chi connectivity index (χ2v) is 6.18. The largest absolute Gasteiger partial charge is 0.477 e. The zero-order valence-corrected chi connectivity index (χ0v) is 11.7. The second-order valence-electron chi connectivity index (χ2n) is 6.18. The van der Waals surface area contributed by atoms with E-state index in [2.05, 4.69) is 37.1 Å². The molecule has 3 nitrogen and oxygen atoms in total. The molecule has 1 aromatic heterocycles. The number of hydrogen-bond donors (Lipinski definition) is 1. The molecule has 1 aromatic rings. The van der Waals surface area contributed by atoms with Crippen molar-refractivity contribution in [1.29, 1.82) is 0 Å². The molecule has 0 aliphatic heterocycles. The van der Waals surface area contributed by atoms with Gasteiger partial charge in [0.2, 0.25) is 5.88 Å². The normalized spacial score (nSPS) is 16.4. The molecule has 0 saturated heterocycles. The number of rotatable bonds is 5. The third-order valence-corrected chi connectivity index (χ3v) is 3.34. The molecule has 1 N–H and O–H groups in total. The van der Waals surface area contributed by atoms with Crippen molar-refractivity contribution >= 4 is 0 Å². The van der Waals surface area contributed by atoms with Crippen LogP contribution in [-0.4, -0.2) is 17.1 Å². The third-order valence-electron chi connectivity index (χ3n) is 3.34. The van der Waals surface area contributed by atoms with Gasteiger partial charge in [0.05, 0.1) is 6.61 Å². The van der Waals surface area contributed by atoms with E-state index in [1.807, 2.05) is 6.07 Å². The molecular formula is C15H24N2O. The summed E-state index contributed by atoms with van der Waals surface area (Å²) in [6.45, 7) is 8.12. The maximum Gasteiger partial charge on any atom is 0.217 e. The van der Waals surface area contributed by atoms with E-state index < -0.39 is 0 Å². The van der Waals surface area contributed by atoms with Gasteiger partial charge >= 0.3 is 0 Å². The van der Waals surface area contributed by atoms with Crippen molar-refractivity contribution in [2.45, 2.75) is 52.1 Å². The topological polar surface area (TPSA) is 34.2 Å². The Bertz CT molecular complexity index is 380. The Kier molecular flexibility index (Phi) is 4.23. The molecule has 0 atom stereocenters. The lowest BCUT2D eigenvalue weighted by Crippen LogP contribution is -2.35. The quantitative estimate of drug-likeness (QED) is 0.869. The van der Waals surface area contributed by atoms with Crippen LogP contribution in [0, 0.1) is 5.92 Å². The molecule has 0 spiro atoms. The van der Waals surface area contributed by atoms with Crippen LogP contribution in [0.5, 0.6) is 5.88 Å². The Labute approximate surface area is 110 Å². The van der Waals surface area contributed by atoms with Crippen molar-refractivity contribution in [3.63, 3.8) is 0 Å². The zero-order valence-electron chi connectivity index (χ0n) is 11.7. The Morgan fingerprint density at radius 2 is 2.17 bits per heavy atom. The van der Waals surface area contributed by atoms with Crippen molar-refractivity contribution in [3.05, 3.63) is 23.9 Å². The number of pyridine rings is 1. The summed E-state index contributed by atoms with van der Waals surface area (Å²) in [6.07, 6.45) is 5.77. The average molecular weight is 248 g/mol. The van der Waals surface area contributed by atoms with Gasteiger partial charge in [0.1, 0.15) is 0 Å². The number of nitrogens with one attached hydrogen (secondary N) is 1. The molecule has 0 radical (unpaired) electrons. The molecule has 0 amide bonds. The minimum atomic E-state index is 0.112. The van der Waals surface area contributed by atoms with Gasteiger partial charge in [-0.05, 0) is 45.6 Å². The van der Waals surface area contributed by atoms with Crippen molar-refractivity contribution in [3.8, 4) is 5.88 Å². The summed E-state index contributed by atoms with van der Waals surface area (Å²) in [4.78, 5) is 4.35. The van der Waals surface area contributed by atoms with Crippen LogP contribution in [0.1, 0.15) is 45.6 Å². The number of hydrogen-bond acceptors (Lipinski definition) is 3. The maximum absolute atomic E-state index is 5.86. The minimum absolute atomic E-state index is 0.112. The van der Waals surface area contributed by atoms with Crippen molar-refractivity contribution in [2.75, 3.05) is 6.61 Å². The molecule has 0 bridgehead atoms. The Hall–Kier alpha value is -1.09. The van der Waals surface area contributed by atoms with Gasteiger partial charge in [-0.15, -0.1) is 0 Å². The predicted octanol–water partition coefficient (Wildman–Crippen LogP) is 3.15. The molecular weight excluding hydrogens is 224 g/mol. The van der Waals surface area contributed by atoms with Crippen LogP contribution in [-0.2, 0) is 6.54 Å². The summed E-state index contributed by atoms with van der Waals surface area (Å²) in [7, 11) is 0. The molecule has 100 valence electrons. The fraction of sp³-hybridized carbons (Fsp3) is 0.667. The third kappa shape index (κ3) is 3.98. The first-order valence-corrected chi connectivity index (χ1v) is 6.86. The van der Waals surface area contributed by atoms with Gasteiger partial charge in [0.15, 0.2) is 0 Å². The van der Waals surface area contributed by atoms with Gasteiger partial charge in [0.25, 0.3) is 0 Å². The average Bonchev–Trinajstić information content (AvgIpc) is 2.24. The lowest BCUT2D eigenvalue weighted by molar-refractivity contribution is 0.174. The number of nitrogens with zero attached hydrogens (tertiary/aromatic N) is 1. The number of aromatic nitrogens is 1. The van der Waals surface area contributed by atoms with Gasteiger partial charge < -0.3 is 10.1 Å². The van der Waals surface area contributed by atoms with Gasteiger partial charge in [-0.3, -0.25) is 0 Å². The summed E-state index contributed by atoms with van der Waals surface area (Å²) in [5.74, 6) is 1.54. The minimum Gasteiger partial charge on any atom is -0.477 e.